The van der Waals surface area contributed by atoms with Gasteiger partial charge in [-0.25, -0.2) is 0 Å². The fraction of sp³-hybridized carbons (Fsp3) is 0.412. The standard InChI is InChI=1S/C17H20O2/c1-3-5-7-15-12-18-17(19-13-15)16-10-8-14(6-4-2)9-11-16/h3,8-11,15,17H,1,5,7,12-13H2,2H3/t15-,17-. The molecule has 1 heterocycles. The number of rotatable bonds is 4. The van der Waals surface area contributed by atoms with E-state index in [-0.39, 0.29) is 6.29 Å². The molecule has 0 bridgehead atoms. The predicted octanol–water partition coefficient (Wildman–Crippen LogP) is 3.69. The summed E-state index contributed by atoms with van der Waals surface area (Å²) in [5.74, 6) is 6.40. The van der Waals surface area contributed by atoms with Crippen molar-refractivity contribution < 1.29 is 9.47 Å². The number of allylic oxidation sites excluding steroid dienone is 1. The molecule has 2 heteroatoms. The quantitative estimate of drug-likeness (QED) is 0.604. The first kappa shape index (κ1) is 13.9. The Morgan fingerprint density at radius 3 is 2.53 bits per heavy atom. The second-order valence-electron chi connectivity index (χ2n) is 4.73. The molecule has 19 heavy (non-hydrogen) atoms. The Morgan fingerprint density at radius 1 is 1.26 bits per heavy atom. The lowest BCUT2D eigenvalue weighted by molar-refractivity contribution is -0.205. The van der Waals surface area contributed by atoms with Crippen LogP contribution < -0.4 is 0 Å². The molecule has 2 nitrogen and oxygen atoms in total. The lowest BCUT2D eigenvalue weighted by Gasteiger charge is -2.29. The summed E-state index contributed by atoms with van der Waals surface area (Å²) in [5.41, 5.74) is 2.08. The zero-order chi connectivity index (χ0) is 13.5. The van der Waals surface area contributed by atoms with Gasteiger partial charge in [0.1, 0.15) is 0 Å². The van der Waals surface area contributed by atoms with Gasteiger partial charge in [-0.3, -0.25) is 0 Å². The van der Waals surface area contributed by atoms with Crippen molar-refractivity contribution in [2.24, 2.45) is 5.92 Å². The molecular weight excluding hydrogens is 236 g/mol. The van der Waals surface area contributed by atoms with Crippen molar-refractivity contribution in [3.05, 3.63) is 48.0 Å². The Bertz CT molecular complexity index is 456. The van der Waals surface area contributed by atoms with Crippen LogP contribution in [0.25, 0.3) is 0 Å². The third-order valence-corrected chi connectivity index (χ3v) is 3.20. The molecule has 0 aromatic heterocycles. The summed E-state index contributed by atoms with van der Waals surface area (Å²) in [7, 11) is 0. The minimum atomic E-state index is -0.233. The zero-order valence-electron chi connectivity index (χ0n) is 11.4. The molecule has 1 aliphatic rings. The van der Waals surface area contributed by atoms with Gasteiger partial charge in [0.05, 0.1) is 13.2 Å². The molecule has 0 aliphatic carbocycles. The van der Waals surface area contributed by atoms with Gasteiger partial charge in [0.25, 0.3) is 0 Å². The van der Waals surface area contributed by atoms with Crippen LogP contribution in [0.1, 0.15) is 37.2 Å². The summed E-state index contributed by atoms with van der Waals surface area (Å²) < 4.78 is 11.6. The number of benzene rings is 1. The lowest BCUT2D eigenvalue weighted by Crippen LogP contribution is -2.26. The highest BCUT2D eigenvalue weighted by Crippen LogP contribution is 2.26. The van der Waals surface area contributed by atoms with Crippen molar-refractivity contribution in [2.45, 2.75) is 26.1 Å². The van der Waals surface area contributed by atoms with E-state index in [4.69, 9.17) is 9.47 Å². The van der Waals surface area contributed by atoms with Gasteiger partial charge in [0, 0.05) is 17.0 Å². The van der Waals surface area contributed by atoms with E-state index in [1.807, 2.05) is 37.3 Å². The van der Waals surface area contributed by atoms with Crippen LogP contribution in [0.2, 0.25) is 0 Å². The number of hydrogen-bond acceptors (Lipinski definition) is 2. The van der Waals surface area contributed by atoms with Crippen molar-refractivity contribution in [1.82, 2.24) is 0 Å². The highest BCUT2D eigenvalue weighted by atomic mass is 16.7. The molecule has 100 valence electrons. The summed E-state index contributed by atoms with van der Waals surface area (Å²) in [6, 6.07) is 8.05. The van der Waals surface area contributed by atoms with E-state index in [0.717, 1.165) is 37.2 Å². The fourth-order valence-electron chi connectivity index (χ4n) is 2.12. The third kappa shape index (κ3) is 3.96. The largest absolute Gasteiger partial charge is 0.348 e. The topological polar surface area (TPSA) is 18.5 Å². The van der Waals surface area contributed by atoms with Gasteiger partial charge in [-0.15, -0.1) is 12.5 Å². The molecule has 1 aromatic rings. The first-order valence-electron chi connectivity index (χ1n) is 6.70. The molecule has 1 aromatic carbocycles. The van der Waals surface area contributed by atoms with Crippen LogP contribution in [0.3, 0.4) is 0 Å². The van der Waals surface area contributed by atoms with Gasteiger partial charge in [0.15, 0.2) is 6.29 Å². The summed E-state index contributed by atoms with van der Waals surface area (Å²) in [6.07, 6.45) is 3.82. The molecule has 0 unspecified atom stereocenters. The molecule has 1 fully saturated rings. The van der Waals surface area contributed by atoms with E-state index in [2.05, 4.69) is 18.4 Å². The second-order valence-corrected chi connectivity index (χ2v) is 4.73. The molecule has 0 N–H and O–H groups in total. The predicted molar refractivity (Wildman–Crippen MR) is 76.6 cm³/mol. The van der Waals surface area contributed by atoms with E-state index in [1.54, 1.807) is 0 Å². The van der Waals surface area contributed by atoms with E-state index in [1.165, 1.54) is 0 Å². The number of ether oxygens (including phenoxy) is 2. The van der Waals surface area contributed by atoms with Crippen LogP contribution in [-0.4, -0.2) is 13.2 Å². The lowest BCUT2D eigenvalue weighted by atomic mass is 10.0. The Balaban J connectivity index is 1.89. The van der Waals surface area contributed by atoms with Crippen LogP contribution >= 0.6 is 0 Å². The summed E-state index contributed by atoms with van der Waals surface area (Å²) in [6.45, 7) is 7.09. The minimum absolute atomic E-state index is 0.233. The Kier molecular flexibility index (Phi) is 5.20. The van der Waals surface area contributed by atoms with Gasteiger partial charge in [-0.05, 0) is 31.9 Å². The average Bonchev–Trinajstić information content (AvgIpc) is 2.47. The van der Waals surface area contributed by atoms with E-state index >= 15 is 0 Å². The van der Waals surface area contributed by atoms with Crippen LogP contribution in [0.15, 0.2) is 36.9 Å². The minimum Gasteiger partial charge on any atom is -0.348 e. The van der Waals surface area contributed by atoms with Crippen molar-refractivity contribution >= 4 is 0 Å². The van der Waals surface area contributed by atoms with E-state index in [9.17, 15) is 0 Å². The SMILES string of the molecule is C=CCC[C@H]1CO[C@H](c2ccc(C#CC)cc2)OC1. The maximum absolute atomic E-state index is 5.78. The molecule has 0 radical (unpaired) electrons. The van der Waals surface area contributed by atoms with E-state index in [0.29, 0.717) is 5.92 Å². The Labute approximate surface area is 115 Å². The van der Waals surface area contributed by atoms with Gasteiger partial charge >= 0.3 is 0 Å². The van der Waals surface area contributed by atoms with Gasteiger partial charge in [-0.1, -0.05) is 24.1 Å². The van der Waals surface area contributed by atoms with Crippen LogP contribution in [-0.2, 0) is 9.47 Å². The fourth-order valence-corrected chi connectivity index (χ4v) is 2.12. The first-order chi connectivity index (χ1) is 9.33. The van der Waals surface area contributed by atoms with Gasteiger partial charge < -0.3 is 9.47 Å². The van der Waals surface area contributed by atoms with Crippen molar-refractivity contribution in [3.63, 3.8) is 0 Å². The van der Waals surface area contributed by atoms with Crippen LogP contribution in [0, 0.1) is 17.8 Å². The molecule has 2 rings (SSSR count). The highest BCUT2D eigenvalue weighted by Gasteiger charge is 2.22. The molecule has 1 saturated heterocycles. The average molecular weight is 256 g/mol. The number of hydrogen-bond donors (Lipinski definition) is 0. The van der Waals surface area contributed by atoms with Crippen molar-refractivity contribution in [2.75, 3.05) is 13.2 Å². The maximum Gasteiger partial charge on any atom is 0.183 e. The molecule has 0 spiro atoms. The molecule has 0 amide bonds. The van der Waals surface area contributed by atoms with Gasteiger partial charge in [-0.2, -0.15) is 0 Å². The summed E-state index contributed by atoms with van der Waals surface area (Å²) in [5, 5.41) is 0. The van der Waals surface area contributed by atoms with Crippen molar-refractivity contribution in [1.29, 1.82) is 0 Å². The normalized spacial score (nSPS) is 22.4. The monoisotopic (exact) mass is 256 g/mol. The second kappa shape index (κ2) is 7.13. The van der Waals surface area contributed by atoms with Crippen molar-refractivity contribution in [3.8, 4) is 11.8 Å². The maximum atomic E-state index is 5.78. The first-order valence-corrected chi connectivity index (χ1v) is 6.70. The molecule has 1 aliphatic heterocycles. The summed E-state index contributed by atoms with van der Waals surface area (Å²) in [4.78, 5) is 0. The highest BCUT2D eigenvalue weighted by molar-refractivity contribution is 5.36. The Morgan fingerprint density at radius 2 is 1.95 bits per heavy atom. The zero-order valence-corrected chi connectivity index (χ0v) is 11.4. The summed E-state index contributed by atoms with van der Waals surface area (Å²) >= 11 is 0. The van der Waals surface area contributed by atoms with Crippen LogP contribution in [0.4, 0.5) is 0 Å². The van der Waals surface area contributed by atoms with Crippen LogP contribution in [0.5, 0.6) is 0 Å². The third-order valence-electron chi connectivity index (χ3n) is 3.20. The van der Waals surface area contributed by atoms with Gasteiger partial charge in [0.2, 0.25) is 0 Å². The van der Waals surface area contributed by atoms with E-state index < -0.39 is 0 Å². The molecule has 0 atom stereocenters. The Hall–Kier alpha value is -1.56. The molecule has 0 saturated carbocycles. The molecular formula is C17H20O2. The smallest absolute Gasteiger partial charge is 0.183 e.